The van der Waals surface area contributed by atoms with E-state index in [0.717, 1.165) is 0 Å². The van der Waals surface area contributed by atoms with Crippen molar-refractivity contribution < 1.29 is 28.2 Å². The minimum atomic E-state index is -0.670. The Hall–Kier alpha value is -3.95. The minimum Gasteiger partial charge on any atom is -0.497 e. The molecule has 0 saturated carbocycles. The maximum atomic E-state index is 14.4. The number of nitrogens with zero attached hydrogens (tertiary/aromatic N) is 3. The Morgan fingerprint density at radius 1 is 1.05 bits per heavy atom. The number of methoxy groups -OCH3 is 3. The molecule has 8 nitrogen and oxygen atoms in total. The Kier molecular flexibility index (Phi) is 9.16. The zero-order valence-corrected chi connectivity index (χ0v) is 22.7. The van der Waals surface area contributed by atoms with E-state index in [9.17, 15) is 14.0 Å². The average molecular weight is 554 g/mol. The van der Waals surface area contributed by atoms with Crippen molar-refractivity contribution in [1.82, 2.24) is 9.91 Å². The number of hydrazone groups is 1. The molecule has 1 aliphatic rings. The third-order valence-corrected chi connectivity index (χ3v) is 6.76. The molecule has 10 heteroatoms. The van der Waals surface area contributed by atoms with E-state index < -0.39 is 23.7 Å². The van der Waals surface area contributed by atoms with Gasteiger partial charge in [-0.3, -0.25) is 9.59 Å². The molecule has 0 fully saturated rings. The maximum Gasteiger partial charge on any atom is 0.262 e. The van der Waals surface area contributed by atoms with Crippen molar-refractivity contribution in [2.24, 2.45) is 5.10 Å². The highest BCUT2D eigenvalue weighted by atomic mass is 35.5. The molecule has 0 aromatic heterocycles. The molecule has 0 spiro atoms. The number of amides is 2. The van der Waals surface area contributed by atoms with E-state index >= 15 is 0 Å². The molecule has 1 unspecified atom stereocenters. The van der Waals surface area contributed by atoms with Crippen LogP contribution in [-0.4, -0.2) is 68.5 Å². The van der Waals surface area contributed by atoms with Gasteiger partial charge in [-0.25, -0.2) is 9.40 Å². The SMILES string of the molecule is COCCN(CC(=O)N1N=C(c2ccccc2Cl)CC1c1cc(OC)ccc1OC)C(=O)c1ccccc1F. The molecule has 0 aliphatic carbocycles. The molecular formula is C29H29ClFN3O5. The summed E-state index contributed by atoms with van der Waals surface area (Å²) in [6.07, 6.45) is 0.346. The van der Waals surface area contributed by atoms with Gasteiger partial charge in [-0.05, 0) is 36.4 Å². The van der Waals surface area contributed by atoms with Gasteiger partial charge in [0.1, 0.15) is 23.9 Å². The first-order valence-electron chi connectivity index (χ1n) is 12.3. The van der Waals surface area contributed by atoms with Crippen molar-refractivity contribution in [3.63, 3.8) is 0 Å². The second kappa shape index (κ2) is 12.7. The van der Waals surface area contributed by atoms with Gasteiger partial charge in [0.15, 0.2) is 0 Å². The third kappa shape index (κ3) is 6.21. The zero-order chi connectivity index (χ0) is 27.9. The molecule has 1 aliphatic heterocycles. The highest BCUT2D eigenvalue weighted by molar-refractivity contribution is 6.34. The van der Waals surface area contributed by atoms with Gasteiger partial charge in [-0.1, -0.05) is 41.9 Å². The fourth-order valence-corrected chi connectivity index (χ4v) is 4.68. The molecule has 1 atom stereocenters. The smallest absolute Gasteiger partial charge is 0.262 e. The van der Waals surface area contributed by atoms with Crippen LogP contribution in [0, 0.1) is 5.82 Å². The van der Waals surface area contributed by atoms with Gasteiger partial charge in [0.2, 0.25) is 0 Å². The molecule has 2 amide bonds. The van der Waals surface area contributed by atoms with Crippen molar-refractivity contribution in [3.8, 4) is 11.5 Å². The van der Waals surface area contributed by atoms with Crippen molar-refractivity contribution in [1.29, 1.82) is 0 Å². The van der Waals surface area contributed by atoms with Crippen molar-refractivity contribution in [2.45, 2.75) is 12.5 Å². The molecule has 0 radical (unpaired) electrons. The summed E-state index contributed by atoms with van der Waals surface area (Å²) in [6, 6.07) is 17.6. The van der Waals surface area contributed by atoms with E-state index in [2.05, 4.69) is 5.10 Å². The molecule has 3 aromatic carbocycles. The van der Waals surface area contributed by atoms with E-state index in [4.69, 9.17) is 25.8 Å². The van der Waals surface area contributed by atoms with Crippen LogP contribution >= 0.6 is 11.6 Å². The third-order valence-electron chi connectivity index (χ3n) is 6.43. The van der Waals surface area contributed by atoms with Crippen LogP contribution in [0.1, 0.15) is 33.9 Å². The molecule has 0 bridgehead atoms. The first kappa shape index (κ1) is 28.1. The summed E-state index contributed by atoms with van der Waals surface area (Å²) in [7, 11) is 4.58. The molecule has 1 heterocycles. The summed E-state index contributed by atoms with van der Waals surface area (Å²) in [4.78, 5) is 28.3. The Balaban J connectivity index is 1.72. The fourth-order valence-electron chi connectivity index (χ4n) is 4.43. The number of carbonyl (C=O) groups is 2. The summed E-state index contributed by atoms with van der Waals surface area (Å²) >= 11 is 6.47. The molecule has 3 aromatic rings. The summed E-state index contributed by atoms with van der Waals surface area (Å²) in [5, 5.41) is 6.50. The maximum absolute atomic E-state index is 14.4. The summed E-state index contributed by atoms with van der Waals surface area (Å²) in [5.41, 5.74) is 1.85. The molecule has 4 rings (SSSR count). The lowest BCUT2D eigenvalue weighted by Gasteiger charge is -2.28. The van der Waals surface area contributed by atoms with Crippen LogP contribution < -0.4 is 9.47 Å². The number of hydrogen-bond acceptors (Lipinski definition) is 6. The lowest BCUT2D eigenvalue weighted by atomic mass is 9.97. The summed E-state index contributed by atoms with van der Waals surface area (Å²) in [6.45, 7) is -0.106. The van der Waals surface area contributed by atoms with Crippen LogP contribution in [0.3, 0.4) is 0 Å². The van der Waals surface area contributed by atoms with Gasteiger partial charge in [0.25, 0.3) is 11.8 Å². The quantitative estimate of drug-likeness (QED) is 0.354. The number of ether oxygens (including phenoxy) is 3. The average Bonchev–Trinajstić information content (AvgIpc) is 3.40. The number of carbonyl (C=O) groups excluding carboxylic acids is 2. The van der Waals surface area contributed by atoms with Crippen LogP contribution in [0.2, 0.25) is 5.02 Å². The molecule has 39 heavy (non-hydrogen) atoms. The Labute approximate surface area is 231 Å². The standard InChI is InChI=1S/C29H29ClFN3O5/c1-37-15-14-33(29(36)21-9-5-7-11-24(21)31)18-28(35)34-26(22-16-19(38-2)12-13-27(22)39-3)17-25(32-34)20-8-4-6-10-23(20)30/h4-13,16,26H,14-15,17-18H2,1-3H3. The van der Waals surface area contributed by atoms with Crippen LogP contribution in [0.5, 0.6) is 11.5 Å². The molecule has 0 saturated heterocycles. The van der Waals surface area contributed by atoms with Gasteiger partial charge < -0.3 is 19.1 Å². The highest BCUT2D eigenvalue weighted by Gasteiger charge is 2.37. The number of benzene rings is 3. The molecule has 0 N–H and O–H groups in total. The lowest BCUT2D eigenvalue weighted by molar-refractivity contribution is -0.133. The van der Waals surface area contributed by atoms with Gasteiger partial charge in [-0.15, -0.1) is 0 Å². The monoisotopic (exact) mass is 553 g/mol. The lowest BCUT2D eigenvalue weighted by Crippen LogP contribution is -2.43. The van der Waals surface area contributed by atoms with E-state index in [1.54, 1.807) is 44.6 Å². The van der Waals surface area contributed by atoms with E-state index in [1.807, 2.05) is 18.2 Å². The second-order valence-electron chi connectivity index (χ2n) is 8.79. The molecular weight excluding hydrogens is 525 g/mol. The highest BCUT2D eigenvalue weighted by Crippen LogP contribution is 2.40. The van der Waals surface area contributed by atoms with Crippen molar-refractivity contribution >= 4 is 29.1 Å². The van der Waals surface area contributed by atoms with E-state index in [0.29, 0.717) is 39.8 Å². The normalized spacial score (nSPS) is 14.6. The fraction of sp³-hybridized carbons (Fsp3) is 0.276. The van der Waals surface area contributed by atoms with Crippen molar-refractivity contribution in [2.75, 3.05) is 41.0 Å². The van der Waals surface area contributed by atoms with Crippen LogP contribution in [0.4, 0.5) is 4.39 Å². The van der Waals surface area contributed by atoms with Crippen LogP contribution in [0.25, 0.3) is 0 Å². The second-order valence-corrected chi connectivity index (χ2v) is 9.20. The minimum absolute atomic E-state index is 0.0808. The number of rotatable bonds is 10. The topological polar surface area (TPSA) is 80.7 Å². The van der Waals surface area contributed by atoms with Gasteiger partial charge >= 0.3 is 0 Å². The number of halogens is 2. The van der Waals surface area contributed by atoms with Gasteiger partial charge in [-0.2, -0.15) is 5.10 Å². The van der Waals surface area contributed by atoms with Crippen LogP contribution in [0.15, 0.2) is 71.8 Å². The summed E-state index contributed by atoms with van der Waals surface area (Å²) in [5.74, 6) is -0.624. The first-order chi connectivity index (χ1) is 18.9. The molecule has 204 valence electrons. The predicted octanol–water partition coefficient (Wildman–Crippen LogP) is 4.96. The van der Waals surface area contributed by atoms with E-state index in [-0.39, 0.29) is 25.3 Å². The van der Waals surface area contributed by atoms with E-state index in [1.165, 1.54) is 35.2 Å². The van der Waals surface area contributed by atoms with Crippen molar-refractivity contribution in [3.05, 3.63) is 94.3 Å². The summed E-state index contributed by atoms with van der Waals surface area (Å²) < 4.78 is 30.6. The van der Waals surface area contributed by atoms with Gasteiger partial charge in [0.05, 0.1) is 38.1 Å². The Bertz CT molecular complexity index is 1380. The number of hydrogen-bond donors (Lipinski definition) is 0. The van der Waals surface area contributed by atoms with Crippen LogP contribution in [-0.2, 0) is 9.53 Å². The first-order valence-corrected chi connectivity index (χ1v) is 12.6. The predicted molar refractivity (Wildman–Crippen MR) is 146 cm³/mol. The Morgan fingerprint density at radius 3 is 2.49 bits per heavy atom. The largest absolute Gasteiger partial charge is 0.497 e. The Morgan fingerprint density at radius 2 is 1.79 bits per heavy atom. The van der Waals surface area contributed by atoms with Gasteiger partial charge in [0, 0.05) is 36.2 Å². The zero-order valence-electron chi connectivity index (χ0n) is 21.9.